The molecule has 0 fully saturated rings. The van der Waals surface area contributed by atoms with E-state index < -0.39 is 0 Å². The summed E-state index contributed by atoms with van der Waals surface area (Å²) in [4.78, 5) is 2.26. The van der Waals surface area contributed by atoms with Crippen molar-refractivity contribution in [2.45, 2.75) is 39.8 Å². The molecule has 1 aromatic heterocycles. The number of nitrogens with zero attached hydrogens (tertiary/aromatic N) is 3. The second-order valence-electron chi connectivity index (χ2n) is 5.89. The predicted molar refractivity (Wildman–Crippen MR) is 77.0 cm³/mol. The van der Waals surface area contributed by atoms with Crippen molar-refractivity contribution in [1.82, 2.24) is 20.0 Å². The minimum Gasteiger partial charge on any atom is -0.311 e. The third kappa shape index (κ3) is 4.59. The predicted octanol–water partition coefficient (Wildman–Crippen LogP) is 2.20. The first-order valence-electron chi connectivity index (χ1n) is 6.32. The number of hydrogen-bond acceptors (Lipinski definition) is 3. The first-order chi connectivity index (χ1) is 8.20. The van der Waals surface area contributed by atoms with Crippen LogP contribution in [0, 0.1) is 6.92 Å². The molecule has 4 nitrogen and oxygen atoms in total. The number of nitrogens with one attached hydrogen (secondary N) is 1. The van der Waals surface area contributed by atoms with E-state index in [-0.39, 0.29) is 5.54 Å². The number of rotatable bonds is 5. The first kappa shape index (κ1) is 15.5. The fourth-order valence-electron chi connectivity index (χ4n) is 1.82. The molecule has 18 heavy (non-hydrogen) atoms. The Labute approximate surface area is 115 Å². The topological polar surface area (TPSA) is 33.1 Å². The number of aryl methyl sites for hydroxylation is 2. The Morgan fingerprint density at radius 1 is 1.39 bits per heavy atom. The highest BCUT2D eigenvalue weighted by atomic mass is 35.5. The molecule has 0 amide bonds. The van der Waals surface area contributed by atoms with Gasteiger partial charge in [0.15, 0.2) is 0 Å². The maximum Gasteiger partial charge on any atom is 0.131 e. The highest BCUT2D eigenvalue weighted by Crippen LogP contribution is 2.19. The summed E-state index contributed by atoms with van der Waals surface area (Å²) in [5.74, 6) is 0. The lowest BCUT2D eigenvalue weighted by Gasteiger charge is -2.23. The quantitative estimate of drug-likeness (QED) is 0.892. The van der Waals surface area contributed by atoms with Gasteiger partial charge < -0.3 is 10.2 Å². The smallest absolute Gasteiger partial charge is 0.131 e. The maximum absolute atomic E-state index is 6.22. The van der Waals surface area contributed by atoms with Crippen molar-refractivity contribution >= 4 is 11.6 Å². The van der Waals surface area contributed by atoms with Gasteiger partial charge in [0.1, 0.15) is 5.15 Å². The van der Waals surface area contributed by atoms with E-state index in [1.807, 2.05) is 14.0 Å². The Morgan fingerprint density at radius 3 is 2.44 bits per heavy atom. The van der Waals surface area contributed by atoms with Crippen LogP contribution in [0.3, 0.4) is 0 Å². The van der Waals surface area contributed by atoms with E-state index in [1.54, 1.807) is 4.68 Å². The summed E-state index contributed by atoms with van der Waals surface area (Å²) in [6, 6.07) is 0. The molecule has 1 heterocycles. The Morgan fingerprint density at radius 2 is 2.00 bits per heavy atom. The fraction of sp³-hybridized carbons (Fsp3) is 0.769. The zero-order valence-corrected chi connectivity index (χ0v) is 13.1. The Hall–Kier alpha value is -0.580. The van der Waals surface area contributed by atoms with E-state index in [9.17, 15) is 0 Å². The van der Waals surface area contributed by atoms with E-state index in [0.29, 0.717) is 0 Å². The highest BCUT2D eigenvalue weighted by Gasteiger charge is 2.14. The summed E-state index contributed by atoms with van der Waals surface area (Å²) < 4.78 is 1.73. The Bertz CT molecular complexity index is 392. The minimum atomic E-state index is 0.169. The van der Waals surface area contributed by atoms with Crippen molar-refractivity contribution in [2.24, 2.45) is 7.05 Å². The molecular weight excluding hydrogens is 248 g/mol. The van der Waals surface area contributed by atoms with Gasteiger partial charge in [-0.2, -0.15) is 5.10 Å². The van der Waals surface area contributed by atoms with Crippen LogP contribution in [-0.2, 0) is 13.6 Å². The zero-order chi connectivity index (χ0) is 13.9. The van der Waals surface area contributed by atoms with Gasteiger partial charge in [-0.1, -0.05) is 11.6 Å². The molecule has 0 radical (unpaired) electrons. The van der Waals surface area contributed by atoms with Crippen LogP contribution in [0.15, 0.2) is 0 Å². The van der Waals surface area contributed by atoms with Crippen LogP contribution in [0.4, 0.5) is 0 Å². The SMILES string of the molecule is Cc1nn(C)c(Cl)c1CN(C)CCNC(C)(C)C. The molecule has 0 aliphatic heterocycles. The molecule has 0 aromatic carbocycles. The number of aromatic nitrogens is 2. The lowest BCUT2D eigenvalue weighted by atomic mass is 10.1. The van der Waals surface area contributed by atoms with Gasteiger partial charge in [0, 0.05) is 37.8 Å². The summed E-state index contributed by atoms with van der Waals surface area (Å²) in [7, 11) is 3.98. The zero-order valence-electron chi connectivity index (χ0n) is 12.3. The third-order valence-corrected chi connectivity index (χ3v) is 3.32. The largest absolute Gasteiger partial charge is 0.311 e. The second kappa shape index (κ2) is 6.04. The van der Waals surface area contributed by atoms with Gasteiger partial charge in [-0.15, -0.1) is 0 Å². The van der Waals surface area contributed by atoms with Crippen molar-refractivity contribution in [3.63, 3.8) is 0 Å². The maximum atomic E-state index is 6.22. The molecule has 0 saturated carbocycles. The summed E-state index contributed by atoms with van der Waals surface area (Å²) >= 11 is 6.22. The Balaban J connectivity index is 2.47. The van der Waals surface area contributed by atoms with Crippen molar-refractivity contribution < 1.29 is 0 Å². The van der Waals surface area contributed by atoms with Crippen LogP contribution >= 0.6 is 11.6 Å². The van der Waals surface area contributed by atoms with Crippen LogP contribution in [0.25, 0.3) is 0 Å². The van der Waals surface area contributed by atoms with Gasteiger partial charge in [-0.05, 0) is 34.7 Å². The van der Waals surface area contributed by atoms with Crippen LogP contribution < -0.4 is 5.32 Å². The van der Waals surface area contributed by atoms with E-state index in [1.165, 1.54) is 0 Å². The number of likely N-dealkylation sites (N-methyl/N-ethyl adjacent to an activating group) is 1. The van der Waals surface area contributed by atoms with Gasteiger partial charge in [-0.3, -0.25) is 4.68 Å². The number of halogens is 1. The third-order valence-electron chi connectivity index (χ3n) is 2.85. The van der Waals surface area contributed by atoms with Crippen LogP contribution in [-0.4, -0.2) is 40.4 Å². The van der Waals surface area contributed by atoms with E-state index in [4.69, 9.17) is 11.6 Å². The van der Waals surface area contributed by atoms with Crippen LogP contribution in [0.5, 0.6) is 0 Å². The fourth-order valence-corrected chi connectivity index (χ4v) is 2.06. The van der Waals surface area contributed by atoms with Crippen molar-refractivity contribution in [3.05, 3.63) is 16.4 Å². The first-order valence-corrected chi connectivity index (χ1v) is 6.70. The highest BCUT2D eigenvalue weighted by molar-refractivity contribution is 6.30. The van der Waals surface area contributed by atoms with Crippen molar-refractivity contribution in [1.29, 1.82) is 0 Å². The van der Waals surface area contributed by atoms with Crippen molar-refractivity contribution in [2.75, 3.05) is 20.1 Å². The molecule has 104 valence electrons. The van der Waals surface area contributed by atoms with Crippen LogP contribution in [0.2, 0.25) is 5.15 Å². The molecule has 0 spiro atoms. The lowest BCUT2D eigenvalue weighted by molar-refractivity contribution is 0.303. The second-order valence-corrected chi connectivity index (χ2v) is 6.25. The molecule has 0 unspecified atom stereocenters. The summed E-state index contributed by atoms with van der Waals surface area (Å²) in [6.45, 7) is 11.3. The van der Waals surface area contributed by atoms with Crippen molar-refractivity contribution in [3.8, 4) is 0 Å². The van der Waals surface area contributed by atoms with Gasteiger partial charge in [0.05, 0.1) is 5.69 Å². The van der Waals surface area contributed by atoms with E-state index in [0.717, 1.165) is 36.0 Å². The van der Waals surface area contributed by atoms with Gasteiger partial charge in [0.25, 0.3) is 0 Å². The monoisotopic (exact) mass is 272 g/mol. The normalized spacial score (nSPS) is 12.4. The molecule has 5 heteroatoms. The lowest BCUT2D eigenvalue weighted by Crippen LogP contribution is -2.40. The molecule has 0 saturated heterocycles. The average Bonchev–Trinajstić information content (AvgIpc) is 2.43. The van der Waals surface area contributed by atoms with Gasteiger partial charge in [-0.25, -0.2) is 0 Å². The molecule has 0 aliphatic rings. The average molecular weight is 273 g/mol. The van der Waals surface area contributed by atoms with E-state index in [2.05, 4.69) is 43.1 Å². The van der Waals surface area contributed by atoms with Gasteiger partial charge in [0.2, 0.25) is 0 Å². The molecule has 1 aromatic rings. The summed E-state index contributed by atoms with van der Waals surface area (Å²) in [5, 5.41) is 8.54. The molecule has 0 aliphatic carbocycles. The molecule has 0 bridgehead atoms. The Kier molecular flexibility index (Phi) is 5.20. The number of hydrogen-bond donors (Lipinski definition) is 1. The van der Waals surface area contributed by atoms with Gasteiger partial charge >= 0.3 is 0 Å². The van der Waals surface area contributed by atoms with E-state index >= 15 is 0 Å². The van der Waals surface area contributed by atoms with Crippen LogP contribution in [0.1, 0.15) is 32.0 Å². The molecular formula is C13H25ClN4. The summed E-state index contributed by atoms with van der Waals surface area (Å²) in [5.41, 5.74) is 2.30. The molecule has 0 atom stereocenters. The minimum absolute atomic E-state index is 0.169. The summed E-state index contributed by atoms with van der Waals surface area (Å²) in [6.07, 6.45) is 0. The molecule has 1 rings (SSSR count). The standard InChI is InChI=1S/C13H25ClN4/c1-10-11(12(14)18(6)16-10)9-17(5)8-7-15-13(2,3)4/h15H,7-9H2,1-6H3. The molecule has 1 N–H and O–H groups in total.